The van der Waals surface area contributed by atoms with E-state index >= 15 is 0 Å². The highest BCUT2D eigenvalue weighted by Gasteiger charge is 2.21. The molecule has 2 aromatic heterocycles. The van der Waals surface area contributed by atoms with Crippen LogP contribution in [0.4, 0.5) is 5.95 Å². The summed E-state index contributed by atoms with van der Waals surface area (Å²) in [6.07, 6.45) is 1.62. The lowest BCUT2D eigenvalue weighted by atomic mass is 9.96. The fourth-order valence-electron chi connectivity index (χ4n) is 1.38. The van der Waals surface area contributed by atoms with Crippen molar-refractivity contribution in [3.05, 3.63) is 22.7 Å². The van der Waals surface area contributed by atoms with Gasteiger partial charge in [-0.1, -0.05) is 20.8 Å². The maximum Gasteiger partial charge on any atom is 0.220 e. The number of rotatable bonds is 1. The van der Waals surface area contributed by atoms with Crippen molar-refractivity contribution in [3.63, 3.8) is 0 Å². The summed E-state index contributed by atoms with van der Waals surface area (Å²) in [7, 11) is 0. The Hall–Kier alpha value is -1.43. The van der Waals surface area contributed by atoms with E-state index in [1.54, 1.807) is 12.3 Å². The van der Waals surface area contributed by atoms with Crippen LogP contribution in [0.5, 0.6) is 0 Å². The van der Waals surface area contributed by atoms with E-state index in [4.69, 9.17) is 5.73 Å². The first-order chi connectivity index (χ1) is 7.88. The van der Waals surface area contributed by atoms with Crippen molar-refractivity contribution in [2.45, 2.75) is 26.2 Å². The number of H-pyrrole nitrogens is 1. The molecule has 0 radical (unpaired) electrons. The minimum Gasteiger partial charge on any atom is -0.368 e. The standard InChI is InChI=1S/C11H14BrN5/c1-11(2,3)9-16-7(8(12)17-9)6-4-5-14-10(13)15-6/h4-5H,1-3H3,(H,16,17)(H2,13,14,15). The number of imidazole rings is 1. The van der Waals surface area contributed by atoms with Gasteiger partial charge >= 0.3 is 0 Å². The van der Waals surface area contributed by atoms with E-state index in [0.29, 0.717) is 5.69 Å². The molecular formula is C11H14BrN5. The number of aromatic amines is 1. The Morgan fingerprint density at radius 1 is 1.29 bits per heavy atom. The Kier molecular flexibility index (Phi) is 2.91. The van der Waals surface area contributed by atoms with Crippen LogP contribution in [0.15, 0.2) is 16.9 Å². The molecule has 0 amide bonds. The average molecular weight is 296 g/mol. The first-order valence-corrected chi connectivity index (χ1v) is 6.02. The van der Waals surface area contributed by atoms with Gasteiger partial charge in [-0.3, -0.25) is 0 Å². The van der Waals surface area contributed by atoms with Gasteiger partial charge in [-0.2, -0.15) is 0 Å². The minimum absolute atomic E-state index is 0.0423. The fraction of sp³-hybridized carbons (Fsp3) is 0.364. The minimum atomic E-state index is -0.0423. The van der Waals surface area contributed by atoms with Gasteiger partial charge in [0.1, 0.15) is 16.1 Å². The number of nitrogen functional groups attached to an aromatic ring is 1. The van der Waals surface area contributed by atoms with Crippen LogP contribution in [0.25, 0.3) is 11.4 Å². The van der Waals surface area contributed by atoms with Crippen LogP contribution in [-0.2, 0) is 5.41 Å². The molecule has 0 spiro atoms. The Balaban J connectivity index is 2.50. The second-order valence-electron chi connectivity index (χ2n) is 4.80. The molecule has 0 aliphatic rings. The number of halogens is 1. The van der Waals surface area contributed by atoms with Crippen molar-refractivity contribution in [1.29, 1.82) is 0 Å². The summed E-state index contributed by atoms with van der Waals surface area (Å²) in [6, 6.07) is 1.78. The van der Waals surface area contributed by atoms with Gasteiger partial charge < -0.3 is 10.7 Å². The number of anilines is 1. The van der Waals surface area contributed by atoms with Gasteiger partial charge in [0.2, 0.25) is 5.95 Å². The monoisotopic (exact) mass is 295 g/mol. The van der Waals surface area contributed by atoms with E-state index < -0.39 is 0 Å². The second kappa shape index (κ2) is 4.10. The van der Waals surface area contributed by atoms with Crippen molar-refractivity contribution in [1.82, 2.24) is 19.9 Å². The Morgan fingerprint density at radius 3 is 2.53 bits per heavy atom. The van der Waals surface area contributed by atoms with Crippen molar-refractivity contribution in [3.8, 4) is 11.4 Å². The molecule has 0 saturated heterocycles. The predicted octanol–water partition coefficient (Wildman–Crippen LogP) is 2.51. The zero-order valence-electron chi connectivity index (χ0n) is 9.95. The lowest BCUT2D eigenvalue weighted by Gasteiger charge is -2.13. The number of aromatic nitrogens is 4. The molecule has 0 fully saturated rings. The fourth-order valence-corrected chi connectivity index (χ4v) is 1.86. The maximum absolute atomic E-state index is 5.56. The maximum atomic E-state index is 5.56. The van der Waals surface area contributed by atoms with Crippen LogP contribution in [0.3, 0.4) is 0 Å². The number of hydrogen-bond acceptors (Lipinski definition) is 4. The molecule has 2 heterocycles. The van der Waals surface area contributed by atoms with Crippen LogP contribution >= 0.6 is 15.9 Å². The van der Waals surface area contributed by atoms with Gasteiger partial charge in [0.25, 0.3) is 0 Å². The van der Waals surface area contributed by atoms with Crippen molar-refractivity contribution in [2.75, 3.05) is 5.73 Å². The summed E-state index contributed by atoms with van der Waals surface area (Å²) in [6.45, 7) is 6.28. The van der Waals surface area contributed by atoms with Gasteiger partial charge in [-0.05, 0) is 22.0 Å². The molecule has 0 aliphatic carbocycles. The highest BCUT2D eigenvalue weighted by atomic mass is 79.9. The van der Waals surface area contributed by atoms with E-state index in [2.05, 4.69) is 56.6 Å². The lowest BCUT2D eigenvalue weighted by molar-refractivity contribution is 0.552. The van der Waals surface area contributed by atoms with Gasteiger partial charge in [0.05, 0.1) is 5.69 Å². The molecule has 2 rings (SSSR count). The molecule has 90 valence electrons. The SMILES string of the molecule is CC(C)(C)c1nc(-c2ccnc(N)n2)c(Br)[nH]1. The molecule has 0 unspecified atom stereocenters. The third-order valence-corrected chi connectivity index (χ3v) is 2.86. The summed E-state index contributed by atoms with van der Waals surface area (Å²) in [4.78, 5) is 15.8. The van der Waals surface area contributed by atoms with Crippen LogP contribution in [0.1, 0.15) is 26.6 Å². The summed E-state index contributed by atoms with van der Waals surface area (Å²) >= 11 is 3.45. The number of nitrogens with two attached hydrogens (primary N) is 1. The topological polar surface area (TPSA) is 80.5 Å². The van der Waals surface area contributed by atoms with Crippen LogP contribution in [0, 0.1) is 0 Å². The Morgan fingerprint density at radius 2 is 2.00 bits per heavy atom. The van der Waals surface area contributed by atoms with E-state index in [1.165, 1.54) is 0 Å². The van der Waals surface area contributed by atoms with Crippen LogP contribution in [0.2, 0.25) is 0 Å². The summed E-state index contributed by atoms with van der Waals surface area (Å²) < 4.78 is 0.806. The molecule has 0 aliphatic heterocycles. The Bertz CT molecular complexity index is 541. The summed E-state index contributed by atoms with van der Waals surface area (Å²) in [5.74, 6) is 1.14. The van der Waals surface area contributed by atoms with Gasteiger partial charge in [0, 0.05) is 11.6 Å². The average Bonchev–Trinajstić information content (AvgIpc) is 2.60. The zero-order valence-corrected chi connectivity index (χ0v) is 11.5. The third kappa shape index (κ3) is 2.46. The molecular weight excluding hydrogens is 282 g/mol. The number of nitrogens with zero attached hydrogens (tertiary/aromatic N) is 3. The van der Waals surface area contributed by atoms with Crippen molar-refractivity contribution >= 4 is 21.9 Å². The molecule has 2 aromatic rings. The van der Waals surface area contributed by atoms with Crippen LogP contribution < -0.4 is 5.73 Å². The summed E-state index contributed by atoms with van der Waals surface area (Å²) in [5, 5.41) is 0. The third-order valence-electron chi connectivity index (χ3n) is 2.29. The largest absolute Gasteiger partial charge is 0.368 e. The normalized spacial score (nSPS) is 11.8. The molecule has 0 bridgehead atoms. The highest BCUT2D eigenvalue weighted by Crippen LogP contribution is 2.29. The van der Waals surface area contributed by atoms with Gasteiger partial charge in [0.15, 0.2) is 0 Å². The Labute approximate surface area is 108 Å². The van der Waals surface area contributed by atoms with E-state index in [0.717, 1.165) is 16.1 Å². The number of nitrogens with one attached hydrogen (secondary N) is 1. The summed E-state index contributed by atoms with van der Waals surface area (Å²) in [5.41, 5.74) is 6.98. The van der Waals surface area contributed by atoms with E-state index in [9.17, 15) is 0 Å². The molecule has 0 saturated carbocycles. The second-order valence-corrected chi connectivity index (χ2v) is 5.59. The van der Waals surface area contributed by atoms with Crippen molar-refractivity contribution in [2.24, 2.45) is 0 Å². The van der Waals surface area contributed by atoms with Gasteiger partial charge in [-0.25, -0.2) is 15.0 Å². The molecule has 0 aromatic carbocycles. The zero-order chi connectivity index (χ0) is 12.6. The number of hydrogen-bond donors (Lipinski definition) is 2. The smallest absolute Gasteiger partial charge is 0.220 e. The van der Waals surface area contributed by atoms with E-state index in [-0.39, 0.29) is 11.4 Å². The molecule has 17 heavy (non-hydrogen) atoms. The molecule has 3 N–H and O–H groups in total. The van der Waals surface area contributed by atoms with Gasteiger partial charge in [-0.15, -0.1) is 0 Å². The molecule has 5 nitrogen and oxygen atoms in total. The molecule has 6 heteroatoms. The highest BCUT2D eigenvalue weighted by molar-refractivity contribution is 9.10. The van der Waals surface area contributed by atoms with Crippen molar-refractivity contribution < 1.29 is 0 Å². The first kappa shape index (κ1) is 12.0. The lowest BCUT2D eigenvalue weighted by Crippen LogP contribution is -2.13. The van der Waals surface area contributed by atoms with E-state index in [1.807, 2.05) is 0 Å². The quantitative estimate of drug-likeness (QED) is 0.847. The molecule has 0 atom stereocenters. The first-order valence-electron chi connectivity index (χ1n) is 5.23. The van der Waals surface area contributed by atoms with Crippen LogP contribution in [-0.4, -0.2) is 19.9 Å². The predicted molar refractivity (Wildman–Crippen MR) is 70.4 cm³/mol.